The number of nitrogens with one attached hydrogen (secondary N) is 1. The minimum Gasteiger partial charge on any atom is -0.378 e. The van der Waals surface area contributed by atoms with E-state index in [1.807, 2.05) is 0 Å². The number of amides is 1. The van der Waals surface area contributed by atoms with Crippen molar-refractivity contribution in [1.29, 1.82) is 0 Å². The molecule has 0 radical (unpaired) electrons. The smallest absolute Gasteiger partial charge is 0.217 e. The van der Waals surface area contributed by atoms with Gasteiger partial charge in [-0.2, -0.15) is 0 Å². The quantitative estimate of drug-likeness (QED) is 0.861. The Morgan fingerprint density at radius 1 is 1.38 bits per heavy atom. The van der Waals surface area contributed by atoms with Crippen LogP contribution in [0.2, 0.25) is 0 Å². The van der Waals surface area contributed by atoms with Gasteiger partial charge in [-0.3, -0.25) is 4.79 Å². The number of rotatable bonds is 4. The van der Waals surface area contributed by atoms with E-state index in [4.69, 9.17) is 4.74 Å². The normalized spacial score (nSPS) is 43.6. The standard InChI is InChI=1S/C18H31NO2/c1-5-6-7-15-14-10-13-11-18(14,8-9-21-15)16(17(13,3)4)19-12(2)20/h13-16H,5-11H2,1-4H3,(H,19,20)/t13-,14-,15-,16-,18?/m1/s1. The van der Waals surface area contributed by atoms with Gasteiger partial charge < -0.3 is 10.1 Å². The van der Waals surface area contributed by atoms with E-state index in [-0.39, 0.29) is 11.3 Å². The summed E-state index contributed by atoms with van der Waals surface area (Å²) in [6.07, 6.45) is 7.85. The van der Waals surface area contributed by atoms with Crippen LogP contribution < -0.4 is 5.32 Å². The summed E-state index contributed by atoms with van der Waals surface area (Å²) >= 11 is 0. The minimum atomic E-state index is 0.130. The first-order valence-corrected chi connectivity index (χ1v) is 8.80. The van der Waals surface area contributed by atoms with Gasteiger partial charge in [-0.05, 0) is 48.3 Å². The van der Waals surface area contributed by atoms with E-state index in [1.165, 1.54) is 32.1 Å². The van der Waals surface area contributed by atoms with Crippen molar-refractivity contribution >= 4 is 5.91 Å². The topological polar surface area (TPSA) is 38.3 Å². The monoisotopic (exact) mass is 293 g/mol. The predicted molar refractivity (Wildman–Crippen MR) is 83.9 cm³/mol. The molecule has 120 valence electrons. The number of carbonyl (C=O) groups excluding carboxylic acids is 1. The molecule has 5 atom stereocenters. The first-order valence-electron chi connectivity index (χ1n) is 8.80. The number of unbranched alkanes of at least 4 members (excludes halogenated alkanes) is 1. The highest BCUT2D eigenvalue weighted by atomic mass is 16.5. The van der Waals surface area contributed by atoms with Gasteiger partial charge in [-0.25, -0.2) is 0 Å². The number of hydrogen-bond acceptors (Lipinski definition) is 2. The average Bonchev–Trinajstić information content (AvgIpc) is 2.90. The maximum Gasteiger partial charge on any atom is 0.217 e. The Balaban J connectivity index is 1.87. The summed E-state index contributed by atoms with van der Waals surface area (Å²) in [5, 5.41) is 3.34. The summed E-state index contributed by atoms with van der Waals surface area (Å²) in [5.74, 6) is 1.53. The molecule has 2 saturated carbocycles. The van der Waals surface area contributed by atoms with Gasteiger partial charge in [0.25, 0.3) is 0 Å². The van der Waals surface area contributed by atoms with Crippen LogP contribution in [0.5, 0.6) is 0 Å². The van der Waals surface area contributed by atoms with Crippen molar-refractivity contribution in [2.24, 2.45) is 22.7 Å². The highest BCUT2D eigenvalue weighted by Gasteiger charge is 2.68. The van der Waals surface area contributed by atoms with E-state index in [2.05, 4.69) is 26.1 Å². The van der Waals surface area contributed by atoms with Crippen LogP contribution in [0.4, 0.5) is 0 Å². The fourth-order valence-electron chi connectivity index (χ4n) is 5.80. The van der Waals surface area contributed by atoms with Gasteiger partial charge in [0, 0.05) is 19.6 Å². The lowest BCUT2D eigenvalue weighted by Gasteiger charge is -2.53. The fraction of sp³-hybridized carbons (Fsp3) is 0.944. The molecular formula is C18H31NO2. The third kappa shape index (κ3) is 2.23. The van der Waals surface area contributed by atoms with Crippen LogP contribution in [0.3, 0.4) is 0 Å². The summed E-state index contributed by atoms with van der Waals surface area (Å²) in [4.78, 5) is 11.7. The number of ether oxygens (including phenoxy) is 1. The molecule has 1 unspecified atom stereocenters. The van der Waals surface area contributed by atoms with Crippen molar-refractivity contribution < 1.29 is 9.53 Å². The zero-order chi connectivity index (χ0) is 15.3. The van der Waals surface area contributed by atoms with Crippen molar-refractivity contribution in [3.8, 4) is 0 Å². The van der Waals surface area contributed by atoms with Crippen LogP contribution in [0.15, 0.2) is 0 Å². The van der Waals surface area contributed by atoms with E-state index in [0.29, 0.717) is 23.5 Å². The molecule has 3 fully saturated rings. The van der Waals surface area contributed by atoms with Crippen molar-refractivity contribution in [3.05, 3.63) is 0 Å². The van der Waals surface area contributed by atoms with Gasteiger partial charge in [-0.15, -0.1) is 0 Å². The van der Waals surface area contributed by atoms with Gasteiger partial charge in [0.05, 0.1) is 6.10 Å². The Morgan fingerprint density at radius 2 is 2.14 bits per heavy atom. The molecule has 3 nitrogen and oxygen atoms in total. The molecular weight excluding hydrogens is 262 g/mol. The molecule has 1 heterocycles. The van der Waals surface area contributed by atoms with Crippen LogP contribution in [0, 0.1) is 22.7 Å². The number of carbonyl (C=O) groups is 1. The second-order valence-corrected chi connectivity index (χ2v) is 8.23. The molecule has 1 aliphatic heterocycles. The van der Waals surface area contributed by atoms with Crippen LogP contribution in [-0.2, 0) is 9.53 Å². The van der Waals surface area contributed by atoms with E-state index in [0.717, 1.165) is 18.9 Å². The van der Waals surface area contributed by atoms with Crippen molar-refractivity contribution in [3.63, 3.8) is 0 Å². The lowest BCUT2D eigenvalue weighted by atomic mass is 9.59. The van der Waals surface area contributed by atoms with Crippen LogP contribution >= 0.6 is 0 Å². The highest BCUT2D eigenvalue weighted by Crippen LogP contribution is 2.68. The van der Waals surface area contributed by atoms with E-state index >= 15 is 0 Å². The van der Waals surface area contributed by atoms with Crippen molar-refractivity contribution in [2.45, 2.75) is 78.4 Å². The van der Waals surface area contributed by atoms with Crippen molar-refractivity contribution in [2.75, 3.05) is 6.61 Å². The molecule has 3 aliphatic rings. The van der Waals surface area contributed by atoms with Gasteiger partial charge in [0.1, 0.15) is 0 Å². The molecule has 1 saturated heterocycles. The molecule has 1 spiro atoms. The molecule has 0 aromatic heterocycles. The lowest BCUT2D eigenvalue weighted by molar-refractivity contribution is -0.136. The first kappa shape index (κ1) is 15.3. The number of hydrogen-bond donors (Lipinski definition) is 1. The SMILES string of the molecule is CCCC[C@H]1OCCC23C[C@@H](C[C@H]12)C(C)(C)[C@H]3NC(C)=O. The Bertz CT molecular complexity index is 419. The van der Waals surface area contributed by atoms with Crippen molar-refractivity contribution in [1.82, 2.24) is 5.32 Å². The number of fused-ring (bicyclic) bond motifs is 1. The fourth-order valence-corrected chi connectivity index (χ4v) is 5.80. The Kier molecular flexibility index (Phi) is 3.84. The maximum absolute atomic E-state index is 11.7. The second kappa shape index (κ2) is 5.26. The van der Waals surface area contributed by atoms with E-state index in [9.17, 15) is 4.79 Å². The first-order chi connectivity index (χ1) is 9.91. The third-order valence-electron chi connectivity index (χ3n) is 6.81. The Morgan fingerprint density at radius 3 is 2.81 bits per heavy atom. The zero-order valence-electron chi connectivity index (χ0n) is 14.1. The Labute approximate surface area is 129 Å². The summed E-state index contributed by atoms with van der Waals surface area (Å²) < 4.78 is 6.15. The van der Waals surface area contributed by atoms with E-state index in [1.54, 1.807) is 6.92 Å². The molecule has 0 aromatic carbocycles. The van der Waals surface area contributed by atoms with E-state index < -0.39 is 0 Å². The van der Waals surface area contributed by atoms with Gasteiger partial charge >= 0.3 is 0 Å². The summed E-state index contributed by atoms with van der Waals surface area (Å²) in [6.45, 7) is 9.52. The third-order valence-corrected chi connectivity index (χ3v) is 6.81. The molecule has 1 amide bonds. The average molecular weight is 293 g/mol. The molecule has 2 bridgehead atoms. The maximum atomic E-state index is 11.7. The molecule has 2 aliphatic carbocycles. The molecule has 3 heteroatoms. The second-order valence-electron chi connectivity index (χ2n) is 8.23. The Hall–Kier alpha value is -0.570. The zero-order valence-corrected chi connectivity index (χ0v) is 14.1. The summed E-state index contributed by atoms with van der Waals surface area (Å²) in [7, 11) is 0. The largest absolute Gasteiger partial charge is 0.378 e. The van der Waals surface area contributed by atoms with Crippen LogP contribution in [0.1, 0.15) is 66.2 Å². The molecule has 3 rings (SSSR count). The van der Waals surface area contributed by atoms with Gasteiger partial charge in [0.15, 0.2) is 0 Å². The molecule has 21 heavy (non-hydrogen) atoms. The summed E-state index contributed by atoms with van der Waals surface area (Å²) in [5.41, 5.74) is 0.533. The van der Waals surface area contributed by atoms with Gasteiger partial charge in [-0.1, -0.05) is 33.6 Å². The van der Waals surface area contributed by atoms with Crippen LogP contribution in [-0.4, -0.2) is 24.7 Å². The minimum absolute atomic E-state index is 0.130. The molecule has 0 aromatic rings. The summed E-state index contributed by atoms with van der Waals surface area (Å²) in [6, 6.07) is 0.333. The predicted octanol–water partition coefficient (Wildman–Crippen LogP) is 3.52. The van der Waals surface area contributed by atoms with Crippen LogP contribution in [0.25, 0.3) is 0 Å². The molecule has 1 N–H and O–H groups in total. The lowest BCUT2D eigenvalue weighted by Crippen LogP contribution is -2.60. The van der Waals surface area contributed by atoms with Gasteiger partial charge in [0.2, 0.25) is 5.91 Å². The highest BCUT2D eigenvalue weighted by molar-refractivity contribution is 5.73.